The predicted octanol–water partition coefficient (Wildman–Crippen LogP) is 5.10. The molecule has 0 bridgehead atoms. The van der Waals surface area contributed by atoms with Gasteiger partial charge < -0.3 is 13.6 Å². The van der Waals surface area contributed by atoms with E-state index in [2.05, 4.69) is 13.0 Å². The molecule has 1 aliphatic rings. The van der Waals surface area contributed by atoms with Crippen LogP contribution in [-0.2, 0) is 22.4 Å². The van der Waals surface area contributed by atoms with Gasteiger partial charge in [-0.15, -0.1) is 0 Å². The molecule has 0 spiro atoms. The van der Waals surface area contributed by atoms with Gasteiger partial charge in [0.05, 0.1) is 31.0 Å². The highest BCUT2D eigenvalue weighted by Gasteiger charge is 2.32. The molecular weight excluding hydrogens is 316 g/mol. The van der Waals surface area contributed by atoms with Crippen LogP contribution in [0.25, 0.3) is 0 Å². The molecule has 1 fully saturated rings. The second kappa shape index (κ2) is 8.75. The minimum absolute atomic E-state index is 0.0341. The minimum atomic E-state index is -0.0552. The highest BCUT2D eigenvalue weighted by molar-refractivity contribution is 5.74. The summed E-state index contributed by atoms with van der Waals surface area (Å²) in [6, 6.07) is 3.98. The molecule has 3 rings (SSSR count). The van der Waals surface area contributed by atoms with E-state index in [1.54, 1.807) is 25.1 Å². The number of aryl methyl sites for hydroxylation is 2. The maximum absolute atomic E-state index is 12.0. The molecule has 3 heterocycles. The predicted molar refractivity (Wildman–Crippen MR) is 95.0 cm³/mol. The molecule has 0 aliphatic carbocycles. The number of hydrogen-bond donors (Lipinski definition) is 0. The molecular formula is C21H26O4. The summed E-state index contributed by atoms with van der Waals surface area (Å²) in [5.41, 5.74) is 3.72. The summed E-state index contributed by atoms with van der Waals surface area (Å²) in [6.07, 6.45) is 15.8. The standard InChI is InChI=1S/C21H26O4/c1-16(4-2-5-17-8-10-23-14-17)12-20-13-19(21(22)25-20)7-3-6-18-9-11-24-15-18/h8-12,14-15,19-20H,2-7,13H2,1H3/t19-,20+/m1/s1. The molecule has 1 saturated heterocycles. The lowest BCUT2D eigenvalue weighted by Crippen LogP contribution is -2.07. The monoisotopic (exact) mass is 342 g/mol. The Kier molecular flexibility index (Phi) is 6.15. The van der Waals surface area contributed by atoms with Gasteiger partial charge in [-0.05, 0) is 74.8 Å². The lowest BCUT2D eigenvalue weighted by molar-refractivity contribution is -0.143. The van der Waals surface area contributed by atoms with Crippen molar-refractivity contribution in [1.82, 2.24) is 0 Å². The molecule has 1 aliphatic heterocycles. The fourth-order valence-electron chi connectivity index (χ4n) is 3.40. The zero-order chi connectivity index (χ0) is 17.5. The SMILES string of the molecule is CC(=C[C@H]1C[C@@H](CCCc2ccoc2)C(=O)O1)CCCc1ccoc1. The number of carbonyl (C=O) groups excluding carboxylic acids is 1. The van der Waals surface area contributed by atoms with Gasteiger partial charge in [-0.3, -0.25) is 4.79 Å². The van der Waals surface area contributed by atoms with Crippen LogP contribution in [0.2, 0.25) is 0 Å². The van der Waals surface area contributed by atoms with Crippen LogP contribution >= 0.6 is 0 Å². The number of ether oxygens (including phenoxy) is 1. The van der Waals surface area contributed by atoms with Gasteiger partial charge in [0, 0.05) is 6.42 Å². The first-order valence-electron chi connectivity index (χ1n) is 9.10. The molecule has 2 atom stereocenters. The van der Waals surface area contributed by atoms with E-state index in [4.69, 9.17) is 13.6 Å². The van der Waals surface area contributed by atoms with Crippen molar-refractivity contribution in [3.05, 3.63) is 60.0 Å². The summed E-state index contributed by atoms with van der Waals surface area (Å²) in [5.74, 6) is -0.00785. The van der Waals surface area contributed by atoms with Crippen molar-refractivity contribution in [2.45, 2.75) is 58.0 Å². The van der Waals surface area contributed by atoms with Gasteiger partial charge >= 0.3 is 5.97 Å². The highest BCUT2D eigenvalue weighted by atomic mass is 16.5. The van der Waals surface area contributed by atoms with E-state index in [9.17, 15) is 4.79 Å². The second-order valence-corrected chi connectivity index (χ2v) is 6.93. The van der Waals surface area contributed by atoms with Crippen molar-refractivity contribution < 1.29 is 18.4 Å². The van der Waals surface area contributed by atoms with Gasteiger partial charge in [-0.1, -0.05) is 5.57 Å². The molecule has 2 aromatic heterocycles. The normalized spacial score (nSPS) is 20.8. The summed E-state index contributed by atoms with van der Waals surface area (Å²) >= 11 is 0. The zero-order valence-electron chi connectivity index (χ0n) is 14.8. The molecule has 0 radical (unpaired) electrons. The van der Waals surface area contributed by atoms with Crippen LogP contribution in [0.15, 0.2) is 57.7 Å². The smallest absolute Gasteiger partial charge is 0.309 e. The van der Waals surface area contributed by atoms with Crippen LogP contribution < -0.4 is 0 Å². The highest BCUT2D eigenvalue weighted by Crippen LogP contribution is 2.28. The maximum atomic E-state index is 12.0. The first-order valence-corrected chi connectivity index (χ1v) is 9.10. The fourth-order valence-corrected chi connectivity index (χ4v) is 3.40. The number of cyclic esters (lactones) is 1. The van der Waals surface area contributed by atoms with Gasteiger partial charge in [0.2, 0.25) is 0 Å². The lowest BCUT2D eigenvalue weighted by Gasteiger charge is -2.06. The summed E-state index contributed by atoms with van der Waals surface area (Å²) in [6.45, 7) is 2.12. The molecule has 0 saturated carbocycles. The Balaban J connectivity index is 1.38. The van der Waals surface area contributed by atoms with E-state index in [1.807, 2.05) is 12.1 Å². The van der Waals surface area contributed by atoms with E-state index >= 15 is 0 Å². The van der Waals surface area contributed by atoms with Crippen molar-refractivity contribution >= 4 is 5.97 Å². The maximum Gasteiger partial charge on any atom is 0.309 e. The fraction of sp³-hybridized carbons (Fsp3) is 0.476. The van der Waals surface area contributed by atoms with Gasteiger partial charge in [-0.25, -0.2) is 0 Å². The molecule has 4 nitrogen and oxygen atoms in total. The lowest BCUT2D eigenvalue weighted by atomic mass is 9.96. The summed E-state index contributed by atoms with van der Waals surface area (Å²) in [7, 11) is 0. The van der Waals surface area contributed by atoms with Crippen molar-refractivity contribution in [2.24, 2.45) is 5.92 Å². The van der Waals surface area contributed by atoms with Crippen LogP contribution in [0.3, 0.4) is 0 Å². The molecule has 0 N–H and O–H groups in total. The van der Waals surface area contributed by atoms with Gasteiger partial charge in [0.25, 0.3) is 0 Å². The van der Waals surface area contributed by atoms with Crippen molar-refractivity contribution in [2.75, 3.05) is 0 Å². The van der Waals surface area contributed by atoms with Crippen molar-refractivity contribution in [3.63, 3.8) is 0 Å². The quantitative estimate of drug-likeness (QED) is 0.470. The summed E-state index contributed by atoms with van der Waals surface area (Å²) in [4.78, 5) is 12.0. The van der Waals surface area contributed by atoms with E-state index < -0.39 is 0 Å². The average molecular weight is 342 g/mol. The average Bonchev–Trinajstić information content (AvgIpc) is 3.31. The topological polar surface area (TPSA) is 52.6 Å². The first kappa shape index (κ1) is 17.6. The Hall–Kier alpha value is -2.23. The Bertz CT molecular complexity index is 667. The van der Waals surface area contributed by atoms with E-state index in [0.717, 1.165) is 44.9 Å². The van der Waals surface area contributed by atoms with Crippen LogP contribution in [0, 0.1) is 5.92 Å². The third-order valence-electron chi connectivity index (χ3n) is 4.80. The largest absolute Gasteiger partial charge is 0.472 e. The van der Waals surface area contributed by atoms with E-state index in [0.29, 0.717) is 0 Å². The number of carbonyl (C=O) groups is 1. The molecule has 0 amide bonds. The van der Waals surface area contributed by atoms with Crippen LogP contribution in [0.1, 0.15) is 50.2 Å². The molecule has 4 heteroatoms. The Morgan fingerprint density at radius 1 is 1.12 bits per heavy atom. The number of rotatable bonds is 9. The Morgan fingerprint density at radius 3 is 2.44 bits per heavy atom. The minimum Gasteiger partial charge on any atom is -0.472 e. The first-order chi connectivity index (χ1) is 12.2. The van der Waals surface area contributed by atoms with Gasteiger partial charge in [0.1, 0.15) is 6.10 Å². The van der Waals surface area contributed by atoms with Gasteiger partial charge in [0.15, 0.2) is 0 Å². The van der Waals surface area contributed by atoms with Crippen LogP contribution in [0.5, 0.6) is 0 Å². The molecule has 25 heavy (non-hydrogen) atoms. The Morgan fingerprint density at radius 2 is 1.80 bits per heavy atom. The summed E-state index contributed by atoms with van der Waals surface area (Å²) in [5, 5.41) is 0. The number of hydrogen-bond acceptors (Lipinski definition) is 4. The molecule has 2 aromatic rings. The second-order valence-electron chi connectivity index (χ2n) is 6.93. The third-order valence-corrected chi connectivity index (χ3v) is 4.80. The van der Waals surface area contributed by atoms with Crippen molar-refractivity contribution in [3.8, 4) is 0 Å². The number of esters is 1. The molecule has 0 aromatic carbocycles. The van der Waals surface area contributed by atoms with E-state index in [-0.39, 0.29) is 18.0 Å². The zero-order valence-corrected chi connectivity index (χ0v) is 14.8. The van der Waals surface area contributed by atoms with Crippen LogP contribution in [-0.4, -0.2) is 12.1 Å². The molecule has 134 valence electrons. The summed E-state index contributed by atoms with van der Waals surface area (Å²) < 4.78 is 15.7. The molecule has 0 unspecified atom stereocenters. The van der Waals surface area contributed by atoms with Crippen LogP contribution in [0.4, 0.5) is 0 Å². The van der Waals surface area contributed by atoms with E-state index in [1.165, 1.54) is 16.7 Å². The Labute approximate surface area is 148 Å². The number of furan rings is 2. The van der Waals surface area contributed by atoms with Gasteiger partial charge in [-0.2, -0.15) is 0 Å². The third kappa shape index (κ3) is 5.38. The van der Waals surface area contributed by atoms with Crippen molar-refractivity contribution in [1.29, 1.82) is 0 Å². The number of allylic oxidation sites excluding steroid dienone is 1.